The van der Waals surface area contributed by atoms with Gasteiger partial charge in [0.1, 0.15) is 0 Å². The third kappa shape index (κ3) is 6.12. The van der Waals surface area contributed by atoms with Gasteiger partial charge in [0, 0.05) is 10.8 Å². The zero-order valence-corrected chi connectivity index (χ0v) is 29.7. The van der Waals surface area contributed by atoms with E-state index in [4.69, 9.17) is 9.97 Å². The van der Waals surface area contributed by atoms with E-state index in [1.54, 1.807) is 0 Å². The summed E-state index contributed by atoms with van der Waals surface area (Å²) >= 11 is 0. The average Bonchev–Trinajstić information content (AvgIpc) is 3.05. The maximum Gasteiger partial charge on any atom is 0.336 e. The van der Waals surface area contributed by atoms with Crippen molar-refractivity contribution in [2.24, 2.45) is 22.7 Å². The number of carboxylic acid groups (broad SMARTS) is 2. The Morgan fingerprint density at radius 1 is 0.600 bits per heavy atom. The molecule has 0 saturated carbocycles. The molecule has 6 nitrogen and oxygen atoms in total. The Kier molecular flexibility index (Phi) is 8.25. The van der Waals surface area contributed by atoms with Crippen molar-refractivity contribution in [2.75, 3.05) is 0 Å². The van der Waals surface area contributed by atoms with E-state index in [0.29, 0.717) is 45.8 Å². The van der Waals surface area contributed by atoms with Crippen LogP contribution in [0.15, 0.2) is 72.8 Å². The lowest BCUT2D eigenvalue weighted by Crippen LogP contribution is -2.28. The van der Waals surface area contributed by atoms with Gasteiger partial charge in [-0.3, -0.25) is 0 Å². The number of carboxylic acids is 2. The molecule has 2 aromatic heterocycles. The van der Waals surface area contributed by atoms with Crippen LogP contribution in [0, 0.1) is 22.7 Å². The van der Waals surface area contributed by atoms with Gasteiger partial charge in [0.2, 0.25) is 0 Å². The zero-order valence-electron chi connectivity index (χ0n) is 29.7. The number of pyridine rings is 2. The molecule has 7 rings (SSSR count). The molecule has 0 fully saturated rings. The van der Waals surface area contributed by atoms with Gasteiger partial charge in [-0.25, -0.2) is 19.6 Å². The maximum atomic E-state index is 12.8. The molecule has 0 radical (unpaired) electrons. The summed E-state index contributed by atoms with van der Waals surface area (Å²) in [5, 5.41) is 22.3. The number of fused-ring (bicyclic) bond motifs is 4. The largest absolute Gasteiger partial charge is 0.478 e. The van der Waals surface area contributed by atoms with Crippen LogP contribution < -0.4 is 0 Å². The van der Waals surface area contributed by atoms with E-state index in [1.165, 1.54) is 0 Å². The molecule has 0 unspecified atom stereocenters. The van der Waals surface area contributed by atoms with Crippen LogP contribution in [0.5, 0.6) is 0 Å². The molecule has 0 aliphatic heterocycles. The van der Waals surface area contributed by atoms with E-state index < -0.39 is 11.9 Å². The summed E-state index contributed by atoms with van der Waals surface area (Å²) in [6.07, 6.45) is 7.26. The molecule has 2 heterocycles. The molecule has 0 spiro atoms. The van der Waals surface area contributed by atoms with Crippen molar-refractivity contribution in [3.05, 3.63) is 118 Å². The zero-order chi connectivity index (χ0) is 35.5. The molecular formula is C44H44N2O4. The SMILES string of the molecule is CC(C)(C)[C@@H]1C/C(=C/c2cccc(/C=C3/C[C@@H](C(C)(C)C)Cc4c3nc3ccccc3c4C(=O)O)c2)c2nc3ccccc3c(C(=O)O)c2C1. The van der Waals surface area contributed by atoms with Gasteiger partial charge in [0.15, 0.2) is 0 Å². The quantitative estimate of drug-likeness (QED) is 0.198. The predicted molar refractivity (Wildman–Crippen MR) is 202 cm³/mol. The summed E-state index contributed by atoms with van der Waals surface area (Å²) in [4.78, 5) is 35.7. The van der Waals surface area contributed by atoms with Crippen LogP contribution in [0.4, 0.5) is 0 Å². The van der Waals surface area contributed by atoms with E-state index in [-0.39, 0.29) is 22.7 Å². The lowest BCUT2D eigenvalue weighted by atomic mass is 9.68. The topological polar surface area (TPSA) is 100 Å². The van der Waals surface area contributed by atoms with Gasteiger partial charge < -0.3 is 10.2 Å². The number of carbonyl (C=O) groups is 2. The van der Waals surface area contributed by atoms with Crippen LogP contribution >= 0.6 is 0 Å². The number of rotatable bonds is 4. The molecule has 2 aliphatic carbocycles. The molecule has 0 saturated heterocycles. The summed E-state index contributed by atoms with van der Waals surface area (Å²) in [6.45, 7) is 13.3. The normalized spacial score (nSPS) is 19.5. The molecule has 254 valence electrons. The van der Waals surface area contributed by atoms with Crippen LogP contribution in [-0.2, 0) is 12.8 Å². The van der Waals surface area contributed by atoms with Crippen molar-refractivity contribution in [1.29, 1.82) is 0 Å². The average molecular weight is 665 g/mol. The second-order valence-electron chi connectivity index (χ2n) is 16.2. The first-order valence-corrected chi connectivity index (χ1v) is 17.5. The Hall–Kier alpha value is -5.10. The second-order valence-corrected chi connectivity index (χ2v) is 16.2. The summed E-state index contributed by atoms with van der Waals surface area (Å²) in [5.74, 6) is -1.36. The number of benzene rings is 3. The van der Waals surface area contributed by atoms with E-state index in [9.17, 15) is 19.8 Å². The van der Waals surface area contributed by atoms with Gasteiger partial charge in [-0.1, -0.05) is 96.1 Å². The van der Waals surface area contributed by atoms with Gasteiger partial charge in [-0.05, 0) is 112 Å². The van der Waals surface area contributed by atoms with Crippen molar-refractivity contribution < 1.29 is 19.8 Å². The van der Waals surface area contributed by atoms with Crippen molar-refractivity contribution in [3.8, 4) is 0 Å². The molecule has 5 aromatic rings. The number of hydrogen-bond acceptors (Lipinski definition) is 4. The fraction of sp³-hybridized carbons (Fsp3) is 0.318. The lowest BCUT2D eigenvalue weighted by molar-refractivity contribution is 0.0685. The van der Waals surface area contributed by atoms with Gasteiger partial charge in [-0.15, -0.1) is 0 Å². The van der Waals surface area contributed by atoms with Crippen molar-refractivity contribution in [2.45, 2.75) is 67.2 Å². The number of nitrogens with zero attached hydrogens (tertiary/aromatic N) is 2. The molecule has 0 bridgehead atoms. The molecule has 3 aromatic carbocycles. The monoisotopic (exact) mass is 664 g/mol. The number of aromatic carboxylic acids is 2. The first kappa shape index (κ1) is 33.4. The highest BCUT2D eigenvalue weighted by molar-refractivity contribution is 6.07. The standard InChI is InChI=1S/C44H44N2O4/c1-43(2,3)29-21-27(39-33(23-29)37(41(47)48)31-14-7-9-16-35(31)45-39)19-25-12-11-13-26(18-25)20-28-22-30(44(4,5)6)24-34-38(42(49)50)32-15-8-10-17-36(32)46-40(28)34/h7-20,29-30H,21-24H2,1-6H3,(H,47,48)(H,49,50)/b27-19-,28-20-/t29-,30-/m1/s1. The van der Waals surface area contributed by atoms with Crippen LogP contribution in [-0.4, -0.2) is 32.1 Å². The first-order chi connectivity index (χ1) is 23.7. The molecular weight excluding hydrogens is 620 g/mol. The van der Waals surface area contributed by atoms with Crippen molar-refractivity contribution >= 4 is 57.0 Å². The van der Waals surface area contributed by atoms with Crippen molar-refractivity contribution in [3.63, 3.8) is 0 Å². The third-order valence-electron chi connectivity index (χ3n) is 10.9. The number of aromatic nitrogens is 2. The van der Waals surface area contributed by atoms with E-state index in [0.717, 1.165) is 57.6 Å². The van der Waals surface area contributed by atoms with E-state index in [1.807, 2.05) is 54.6 Å². The fourth-order valence-corrected chi connectivity index (χ4v) is 7.90. The Morgan fingerprint density at radius 2 is 1.00 bits per heavy atom. The Balaban J connectivity index is 1.38. The molecule has 2 aliphatic rings. The smallest absolute Gasteiger partial charge is 0.336 e. The third-order valence-corrected chi connectivity index (χ3v) is 10.9. The second kappa shape index (κ2) is 12.3. The van der Waals surface area contributed by atoms with Gasteiger partial charge in [0.05, 0.1) is 33.5 Å². The summed E-state index contributed by atoms with van der Waals surface area (Å²) < 4.78 is 0. The Bertz CT molecular complexity index is 2110. The van der Waals surface area contributed by atoms with Crippen molar-refractivity contribution in [1.82, 2.24) is 9.97 Å². The van der Waals surface area contributed by atoms with Crippen LogP contribution in [0.3, 0.4) is 0 Å². The fourth-order valence-electron chi connectivity index (χ4n) is 7.90. The highest BCUT2D eigenvalue weighted by atomic mass is 16.4. The summed E-state index contributed by atoms with van der Waals surface area (Å²) in [5.41, 5.74) is 9.28. The highest BCUT2D eigenvalue weighted by Crippen LogP contribution is 2.46. The summed E-state index contributed by atoms with van der Waals surface area (Å²) in [7, 11) is 0. The van der Waals surface area contributed by atoms with Crippen LogP contribution in [0.25, 0.3) is 45.1 Å². The van der Waals surface area contributed by atoms with Gasteiger partial charge in [-0.2, -0.15) is 0 Å². The number of allylic oxidation sites excluding steroid dienone is 2. The van der Waals surface area contributed by atoms with E-state index >= 15 is 0 Å². The number of para-hydroxylation sites is 2. The Labute approximate surface area is 293 Å². The lowest BCUT2D eigenvalue weighted by Gasteiger charge is -2.36. The molecule has 2 atom stereocenters. The minimum absolute atomic E-state index is 0.0333. The highest BCUT2D eigenvalue weighted by Gasteiger charge is 2.36. The molecule has 2 N–H and O–H groups in total. The number of hydrogen-bond donors (Lipinski definition) is 2. The summed E-state index contributed by atoms with van der Waals surface area (Å²) in [6, 6.07) is 23.4. The first-order valence-electron chi connectivity index (χ1n) is 17.5. The Morgan fingerprint density at radius 3 is 1.38 bits per heavy atom. The van der Waals surface area contributed by atoms with Crippen LogP contribution in [0.2, 0.25) is 0 Å². The molecule has 50 heavy (non-hydrogen) atoms. The predicted octanol–water partition coefficient (Wildman–Crippen LogP) is 10.5. The van der Waals surface area contributed by atoms with Crippen LogP contribution in [0.1, 0.15) is 109 Å². The minimum Gasteiger partial charge on any atom is -0.478 e. The van der Waals surface area contributed by atoms with Gasteiger partial charge in [0.25, 0.3) is 0 Å². The molecule has 6 heteroatoms. The van der Waals surface area contributed by atoms with Gasteiger partial charge >= 0.3 is 11.9 Å². The van der Waals surface area contributed by atoms with E-state index in [2.05, 4.69) is 71.9 Å². The maximum absolute atomic E-state index is 12.8. The minimum atomic E-state index is -0.920. The molecule has 0 amide bonds.